The maximum atomic E-state index is 5.40. The van der Waals surface area contributed by atoms with Crippen molar-refractivity contribution in [3.8, 4) is 23.0 Å². The molecular formula is C19H16N4O4. The van der Waals surface area contributed by atoms with Gasteiger partial charge in [0.15, 0.2) is 23.0 Å². The summed E-state index contributed by atoms with van der Waals surface area (Å²) in [5, 5.41) is 6.53. The van der Waals surface area contributed by atoms with Crippen molar-refractivity contribution in [3.63, 3.8) is 0 Å². The molecule has 0 spiro atoms. The van der Waals surface area contributed by atoms with E-state index in [1.165, 1.54) is 6.33 Å². The summed E-state index contributed by atoms with van der Waals surface area (Å²) in [5.74, 6) is 4.39. The van der Waals surface area contributed by atoms with Gasteiger partial charge in [-0.05, 0) is 29.8 Å². The quantitative estimate of drug-likeness (QED) is 0.713. The van der Waals surface area contributed by atoms with Crippen molar-refractivity contribution in [1.82, 2.24) is 9.97 Å². The molecule has 0 atom stereocenters. The highest BCUT2D eigenvalue weighted by Gasteiger charge is 2.14. The number of fused-ring (bicyclic) bond motifs is 2. The molecule has 27 heavy (non-hydrogen) atoms. The van der Waals surface area contributed by atoms with Gasteiger partial charge in [0.25, 0.3) is 0 Å². The molecule has 8 nitrogen and oxygen atoms in total. The first-order valence-corrected chi connectivity index (χ1v) is 8.45. The fraction of sp³-hybridized carbons (Fsp3) is 0.158. The molecule has 5 rings (SSSR count). The fourth-order valence-electron chi connectivity index (χ4n) is 2.89. The lowest BCUT2D eigenvalue weighted by atomic mass is 10.2. The van der Waals surface area contributed by atoms with Gasteiger partial charge in [-0.25, -0.2) is 9.97 Å². The molecule has 2 aliphatic rings. The molecule has 3 heterocycles. The Morgan fingerprint density at radius 2 is 1.44 bits per heavy atom. The number of hydrogen-bond acceptors (Lipinski definition) is 8. The highest BCUT2D eigenvalue weighted by Crippen LogP contribution is 2.35. The van der Waals surface area contributed by atoms with Gasteiger partial charge >= 0.3 is 0 Å². The SMILES string of the molecule is c1nc(NCc2ccc3c(c2)OCO3)cc(Nc2ccc3c(c2)OCO3)n1. The van der Waals surface area contributed by atoms with Gasteiger partial charge in [0, 0.05) is 24.4 Å². The van der Waals surface area contributed by atoms with Crippen LogP contribution in [0.4, 0.5) is 17.3 Å². The number of rotatable bonds is 5. The van der Waals surface area contributed by atoms with E-state index in [0.717, 1.165) is 34.2 Å². The second kappa shape index (κ2) is 6.56. The highest BCUT2D eigenvalue weighted by molar-refractivity contribution is 5.63. The van der Waals surface area contributed by atoms with Gasteiger partial charge < -0.3 is 29.6 Å². The number of ether oxygens (including phenoxy) is 4. The van der Waals surface area contributed by atoms with E-state index in [4.69, 9.17) is 18.9 Å². The van der Waals surface area contributed by atoms with E-state index in [0.29, 0.717) is 18.2 Å². The van der Waals surface area contributed by atoms with E-state index in [2.05, 4.69) is 20.6 Å². The van der Waals surface area contributed by atoms with Gasteiger partial charge in [-0.2, -0.15) is 0 Å². The number of nitrogens with zero attached hydrogens (tertiary/aromatic N) is 2. The van der Waals surface area contributed by atoms with E-state index in [-0.39, 0.29) is 13.6 Å². The van der Waals surface area contributed by atoms with E-state index in [9.17, 15) is 0 Å². The maximum absolute atomic E-state index is 5.40. The summed E-state index contributed by atoms with van der Waals surface area (Å²) >= 11 is 0. The number of hydrogen-bond donors (Lipinski definition) is 2. The molecule has 0 saturated carbocycles. The molecule has 3 aromatic rings. The van der Waals surface area contributed by atoms with E-state index < -0.39 is 0 Å². The summed E-state index contributed by atoms with van der Waals surface area (Å²) in [4.78, 5) is 8.52. The van der Waals surface area contributed by atoms with Crippen molar-refractivity contribution in [2.45, 2.75) is 6.54 Å². The number of benzene rings is 2. The number of aromatic nitrogens is 2. The molecule has 2 N–H and O–H groups in total. The van der Waals surface area contributed by atoms with Crippen LogP contribution in [0.15, 0.2) is 48.8 Å². The first-order valence-electron chi connectivity index (χ1n) is 8.45. The van der Waals surface area contributed by atoms with Crippen molar-refractivity contribution >= 4 is 17.3 Å². The number of anilines is 3. The molecule has 8 heteroatoms. The summed E-state index contributed by atoms with van der Waals surface area (Å²) in [6.07, 6.45) is 1.51. The van der Waals surface area contributed by atoms with Gasteiger partial charge in [-0.3, -0.25) is 0 Å². The molecule has 2 aromatic carbocycles. The van der Waals surface area contributed by atoms with Crippen LogP contribution < -0.4 is 29.6 Å². The largest absolute Gasteiger partial charge is 0.454 e. The molecule has 1 aromatic heterocycles. The Labute approximate surface area is 155 Å². The molecule has 0 fully saturated rings. The Balaban J connectivity index is 1.26. The molecule has 0 radical (unpaired) electrons. The normalized spacial score (nSPS) is 13.5. The predicted octanol–water partition coefficient (Wildman–Crippen LogP) is 3.29. The molecule has 0 amide bonds. The van der Waals surface area contributed by atoms with E-state index in [1.807, 2.05) is 42.5 Å². The van der Waals surface area contributed by atoms with E-state index >= 15 is 0 Å². The zero-order chi connectivity index (χ0) is 18.1. The maximum Gasteiger partial charge on any atom is 0.231 e. The molecule has 0 aliphatic carbocycles. The van der Waals surface area contributed by atoms with Crippen LogP contribution in [0.25, 0.3) is 0 Å². The van der Waals surface area contributed by atoms with Crippen LogP contribution in [0.3, 0.4) is 0 Å². The molecule has 0 unspecified atom stereocenters. The van der Waals surface area contributed by atoms with Crippen LogP contribution >= 0.6 is 0 Å². The Kier molecular flexibility index (Phi) is 3.78. The van der Waals surface area contributed by atoms with Crippen LogP contribution in [-0.2, 0) is 6.54 Å². The molecule has 136 valence electrons. The van der Waals surface area contributed by atoms with Gasteiger partial charge in [-0.15, -0.1) is 0 Å². The second-order valence-corrected chi connectivity index (χ2v) is 6.02. The number of nitrogens with one attached hydrogen (secondary N) is 2. The molecule has 2 aliphatic heterocycles. The van der Waals surface area contributed by atoms with Crippen LogP contribution in [0, 0.1) is 0 Å². The van der Waals surface area contributed by atoms with Crippen molar-refractivity contribution in [3.05, 3.63) is 54.4 Å². The fourth-order valence-corrected chi connectivity index (χ4v) is 2.89. The zero-order valence-electron chi connectivity index (χ0n) is 14.3. The average Bonchev–Trinajstić information content (AvgIpc) is 3.35. The van der Waals surface area contributed by atoms with Crippen LogP contribution in [0.5, 0.6) is 23.0 Å². The monoisotopic (exact) mass is 364 g/mol. The summed E-state index contributed by atoms with van der Waals surface area (Å²) < 4.78 is 21.4. The van der Waals surface area contributed by atoms with Crippen molar-refractivity contribution in [2.75, 3.05) is 24.2 Å². The van der Waals surface area contributed by atoms with Gasteiger partial charge in [-0.1, -0.05) is 6.07 Å². The molecule has 0 saturated heterocycles. The Morgan fingerprint density at radius 3 is 2.30 bits per heavy atom. The van der Waals surface area contributed by atoms with Crippen LogP contribution in [0.1, 0.15) is 5.56 Å². The van der Waals surface area contributed by atoms with Crippen LogP contribution in [0.2, 0.25) is 0 Å². The summed E-state index contributed by atoms with van der Waals surface area (Å²) in [6, 6.07) is 13.4. The second-order valence-electron chi connectivity index (χ2n) is 6.02. The van der Waals surface area contributed by atoms with Gasteiger partial charge in [0.05, 0.1) is 0 Å². The topological polar surface area (TPSA) is 86.8 Å². The standard InChI is InChI=1S/C19H16N4O4/c1-3-14-16(26-10-24-14)5-12(1)8-20-18-7-19(22-9-21-18)23-13-2-4-15-17(6-13)27-11-25-15/h1-7,9H,8,10-11H2,(H2,20,21,22,23). The van der Waals surface area contributed by atoms with Gasteiger partial charge in [0.1, 0.15) is 18.0 Å². The van der Waals surface area contributed by atoms with Crippen molar-refractivity contribution < 1.29 is 18.9 Å². The Morgan fingerprint density at radius 1 is 0.741 bits per heavy atom. The third-order valence-corrected chi connectivity index (χ3v) is 4.22. The summed E-state index contributed by atoms with van der Waals surface area (Å²) in [5.41, 5.74) is 1.93. The summed E-state index contributed by atoms with van der Waals surface area (Å²) in [7, 11) is 0. The Hall–Kier alpha value is -3.68. The highest BCUT2D eigenvalue weighted by atomic mass is 16.7. The van der Waals surface area contributed by atoms with E-state index in [1.54, 1.807) is 0 Å². The predicted molar refractivity (Wildman–Crippen MR) is 97.8 cm³/mol. The third-order valence-electron chi connectivity index (χ3n) is 4.22. The lowest BCUT2D eigenvalue weighted by molar-refractivity contribution is 0.173. The lowest BCUT2D eigenvalue weighted by Crippen LogP contribution is -2.03. The molecular weight excluding hydrogens is 348 g/mol. The molecule has 0 bridgehead atoms. The van der Waals surface area contributed by atoms with Crippen LogP contribution in [-0.4, -0.2) is 23.6 Å². The minimum Gasteiger partial charge on any atom is -0.454 e. The Bertz CT molecular complexity index is 995. The minimum absolute atomic E-state index is 0.250. The van der Waals surface area contributed by atoms with Gasteiger partial charge in [0.2, 0.25) is 13.6 Å². The average molecular weight is 364 g/mol. The summed E-state index contributed by atoms with van der Waals surface area (Å²) in [6.45, 7) is 1.13. The first kappa shape index (κ1) is 15.6. The zero-order valence-corrected chi connectivity index (χ0v) is 14.3. The minimum atomic E-state index is 0.250. The van der Waals surface area contributed by atoms with Crippen molar-refractivity contribution in [1.29, 1.82) is 0 Å². The first-order chi connectivity index (χ1) is 13.3. The van der Waals surface area contributed by atoms with Crippen molar-refractivity contribution in [2.24, 2.45) is 0 Å². The lowest BCUT2D eigenvalue weighted by Gasteiger charge is -2.09. The third kappa shape index (κ3) is 3.24. The smallest absolute Gasteiger partial charge is 0.231 e.